The molecule has 5 nitrogen and oxygen atoms in total. The van der Waals surface area contributed by atoms with Crippen LogP contribution in [0, 0.1) is 0 Å². The van der Waals surface area contributed by atoms with Gasteiger partial charge in [-0.1, -0.05) is 6.92 Å². The van der Waals surface area contributed by atoms with Gasteiger partial charge in [-0.15, -0.1) is 0 Å². The van der Waals surface area contributed by atoms with Crippen molar-refractivity contribution in [1.82, 2.24) is 5.32 Å². The summed E-state index contributed by atoms with van der Waals surface area (Å²) in [7, 11) is 3.80. The van der Waals surface area contributed by atoms with E-state index >= 15 is 0 Å². The predicted octanol–water partition coefficient (Wildman–Crippen LogP) is 1.23. The summed E-state index contributed by atoms with van der Waals surface area (Å²) in [5.41, 5.74) is 7.90. The number of nitrogen functional groups attached to an aromatic ring is 1. The maximum Gasteiger partial charge on any atom is 0.251 e. The Labute approximate surface area is 114 Å². The van der Waals surface area contributed by atoms with Crippen LogP contribution in [0.4, 0.5) is 11.4 Å². The molecule has 0 aromatic heterocycles. The smallest absolute Gasteiger partial charge is 0.251 e. The Morgan fingerprint density at radius 2 is 2.16 bits per heavy atom. The Kier molecular flexibility index (Phi) is 5.63. The number of amides is 1. The molecule has 1 unspecified atom stereocenters. The number of carbonyl (C=O) groups is 1. The standard InChI is InChI=1S/C14H23N3O2/c1-4-11(18)7-8-16-14(19)10-5-6-13(17(2)3)12(15)9-10/h5-6,9,11,18H,4,7-8,15H2,1-3H3,(H,16,19). The van der Waals surface area contributed by atoms with Gasteiger partial charge in [0.2, 0.25) is 0 Å². The number of benzene rings is 1. The number of nitrogens with one attached hydrogen (secondary N) is 1. The third-order valence-electron chi connectivity index (χ3n) is 3.01. The van der Waals surface area contributed by atoms with E-state index in [1.165, 1.54) is 0 Å². The van der Waals surface area contributed by atoms with Gasteiger partial charge in [-0.3, -0.25) is 4.79 Å². The molecule has 4 N–H and O–H groups in total. The maximum atomic E-state index is 11.9. The predicted molar refractivity (Wildman–Crippen MR) is 78.4 cm³/mol. The van der Waals surface area contributed by atoms with Crippen molar-refractivity contribution in [3.05, 3.63) is 23.8 Å². The highest BCUT2D eigenvalue weighted by atomic mass is 16.3. The normalized spacial score (nSPS) is 12.0. The Bertz CT molecular complexity index is 433. The van der Waals surface area contributed by atoms with Gasteiger partial charge in [-0.25, -0.2) is 0 Å². The first kappa shape index (κ1) is 15.3. The molecule has 0 saturated heterocycles. The van der Waals surface area contributed by atoms with Gasteiger partial charge in [-0.2, -0.15) is 0 Å². The van der Waals surface area contributed by atoms with Crippen LogP contribution < -0.4 is 16.0 Å². The SMILES string of the molecule is CCC(O)CCNC(=O)c1ccc(N(C)C)c(N)c1. The minimum atomic E-state index is -0.360. The number of hydrogen-bond donors (Lipinski definition) is 3. The number of nitrogens with zero attached hydrogens (tertiary/aromatic N) is 1. The zero-order chi connectivity index (χ0) is 14.4. The number of aliphatic hydroxyl groups excluding tert-OH is 1. The van der Waals surface area contributed by atoms with Gasteiger partial charge >= 0.3 is 0 Å². The second-order valence-corrected chi connectivity index (χ2v) is 4.77. The van der Waals surface area contributed by atoms with E-state index in [0.717, 1.165) is 5.69 Å². The van der Waals surface area contributed by atoms with Gasteiger partial charge in [0.25, 0.3) is 5.91 Å². The molecule has 0 bridgehead atoms. The van der Waals surface area contributed by atoms with Crippen molar-refractivity contribution < 1.29 is 9.90 Å². The van der Waals surface area contributed by atoms with Crippen LogP contribution in [0.5, 0.6) is 0 Å². The molecule has 0 radical (unpaired) electrons. The molecule has 1 aromatic carbocycles. The van der Waals surface area contributed by atoms with E-state index in [4.69, 9.17) is 5.73 Å². The second-order valence-electron chi connectivity index (χ2n) is 4.77. The Morgan fingerprint density at radius 1 is 1.47 bits per heavy atom. The third-order valence-corrected chi connectivity index (χ3v) is 3.01. The molecular formula is C14H23N3O2. The Morgan fingerprint density at radius 3 is 2.68 bits per heavy atom. The molecule has 1 rings (SSSR count). The first-order valence-electron chi connectivity index (χ1n) is 6.48. The van der Waals surface area contributed by atoms with Gasteiger partial charge in [0.15, 0.2) is 0 Å². The van der Waals surface area contributed by atoms with Crippen LogP contribution in [-0.2, 0) is 0 Å². The highest BCUT2D eigenvalue weighted by Gasteiger charge is 2.09. The summed E-state index contributed by atoms with van der Waals surface area (Å²) in [4.78, 5) is 13.8. The fourth-order valence-corrected chi connectivity index (χ4v) is 1.76. The monoisotopic (exact) mass is 265 g/mol. The van der Waals surface area contributed by atoms with Gasteiger partial charge in [0.05, 0.1) is 17.5 Å². The number of hydrogen-bond acceptors (Lipinski definition) is 4. The van der Waals surface area contributed by atoms with Crippen molar-refractivity contribution in [2.45, 2.75) is 25.9 Å². The van der Waals surface area contributed by atoms with E-state index < -0.39 is 0 Å². The zero-order valence-electron chi connectivity index (χ0n) is 11.8. The molecule has 0 spiro atoms. The molecule has 0 aliphatic rings. The van der Waals surface area contributed by atoms with Crippen molar-refractivity contribution in [2.75, 3.05) is 31.3 Å². The van der Waals surface area contributed by atoms with Gasteiger partial charge in [0.1, 0.15) is 0 Å². The number of carbonyl (C=O) groups excluding carboxylic acids is 1. The van der Waals surface area contributed by atoms with Crippen molar-refractivity contribution >= 4 is 17.3 Å². The Balaban J connectivity index is 2.60. The molecule has 1 aromatic rings. The van der Waals surface area contributed by atoms with Crippen LogP contribution in [0.2, 0.25) is 0 Å². The summed E-state index contributed by atoms with van der Waals surface area (Å²) in [6.45, 7) is 2.37. The van der Waals surface area contributed by atoms with Crippen molar-refractivity contribution in [1.29, 1.82) is 0 Å². The fraction of sp³-hybridized carbons (Fsp3) is 0.500. The summed E-state index contributed by atoms with van der Waals surface area (Å²) < 4.78 is 0. The summed E-state index contributed by atoms with van der Waals surface area (Å²) in [5, 5.41) is 12.2. The fourth-order valence-electron chi connectivity index (χ4n) is 1.76. The molecule has 1 amide bonds. The van der Waals surface area contributed by atoms with Crippen LogP contribution >= 0.6 is 0 Å². The molecule has 0 aliphatic heterocycles. The second kappa shape index (κ2) is 6.99. The lowest BCUT2D eigenvalue weighted by Crippen LogP contribution is -2.27. The number of nitrogens with two attached hydrogens (primary N) is 1. The van der Waals surface area contributed by atoms with Crippen molar-refractivity contribution in [3.8, 4) is 0 Å². The van der Waals surface area contributed by atoms with Crippen molar-refractivity contribution in [3.63, 3.8) is 0 Å². The number of rotatable bonds is 6. The van der Waals surface area contributed by atoms with Crippen LogP contribution in [0.3, 0.4) is 0 Å². The average molecular weight is 265 g/mol. The lowest BCUT2D eigenvalue weighted by atomic mass is 10.1. The van der Waals surface area contributed by atoms with E-state index in [0.29, 0.717) is 30.6 Å². The molecule has 0 saturated carbocycles. The summed E-state index contributed by atoms with van der Waals surface area (Å²) >= 11 is 0. The van der Waals surface area contributed by atoms with E-state index in [1.807, 2.05) is 32.0 Å². The van der Waals surface area contributed by atoms with Gasteiger partial charge in [-0.05, 0) is 31.0 Å². The molecule has 106 valence electrons. The van der Waals surface area contributed by atoms with Crippen LogP contribution in [0.1, 0.15) is 30.1 Å². The molecule has 0 heterocycles. The molecule has 1 atom stereocenters. The highest BCUT2D eigenvalue weighted by molar-refractivity contribution is 5.96. The quantitative estimate of drug-likeness (QED) is 0.676. The van der Waals surface area contributed by atoms with Crippen LogP contribution in [0.15, 0.2) is 18.2 Å². The van der Waals surface area contributed by atoms with Crippen LogP contribution in [0.25, 0.3) is 0 Å². The summed E-state index contributed by atoms with van der Waals surface area (Å²) in [6.07, 6.45) is 0.898. The Hall–Kier alpha value is -1.75. The van der Waals surface area contributed by atoms with E-state index in [2.05, 4.69) is 5.32 Å². The highest BCUT2D eigenvalue weighted by Crippen LogP contribution is 2.22. The largest absolute Gasteiger partial charge is 0.397 e. The lowest BCUT2D eigenvalue weighted by Gasteiger charge is -2.16. The lowest BCUT2D eigenvalue weighted by molar-refractivity contribution is 0.0942. The summed E-state index contributed by atoms with van der Waals surface area (Å²) in [6, 6.07) is 5.24. The van der Waals surface area contributed by atoms with E-state index in [1.54, 1.807) is 12.1 Å². The van der Waals surface area contributed by atoms with Gasteiger partial charge < -0.3 is 21.1 Å². The number of aliphatic hydroxyl groups is 1. The van der Waals surface area contributed by atoms with E-state index in [-0.39, 0.29) is 12.0 Å². The molecular weight excluding hydrogens is 242 g/mol. The number of anilines is 2. The van der Waals surface area contributed by atoms with Gasteiger partial charge in [0, 0.05) is 26.2 Å². The van der Waals surface area contributed by atoms with Crippen LogP contribution in [-0.4, -0.2) is 37.8 Å². The minimum Gasteiger partial charge on any atom is -0.397 e. The van der Waals surface area contributed by atoms with E-state index in [9.17, 15) is 9.90 Å². The minimum absolute atomic E-state index is 0.166. The first-order chi connectivity index (χ1) is 8.95. The summed E-state index contributed by atoms with van der Waals surface area (Å²) in [5.74, 6) is -0.166. The first-order valence-corrected chi connectivity index (χ1v) is 6.48. The molecule has 19 heavy (non-hydrogen) atoms. The zero-order valence-corrected chi connectivity index (χ0v) is 11.8. The topological polar surface area (TPSA) is 78.6 Å². The maximum absolute atomic E-state index is 11.9. The van der Waals surface area contributed by atoms with Crippen molar-refractivity contribution in [2.24, 2.45) is 0 Å². The molecule has 5 heteroatoms. The molecule has 0 fully saturated rings. The molecule has 0 aliphatic carbocycles. The average Bonchev–Trinajstić information content (AvgIpc) is 2.37. The third kappa shape index (κ3) is 4.44.